The van der Waals surface area contributed by atoms with Gasteiger partial charge in [-0.15, -0.1) is 0 Å². The van der Waals surface area contributed by atoms with Crippen LogP contribution in [-0.2, 0) is 14.3 Å². The van der Waals surface area contributed by atoms with Gasteiger partial charge in [-0.2, -0.15) is 0 Å². The second kappa shape index (κ2) is 8.28. The summed E-state index contributed by atoms with van der Waals surface area (Å²) in [5.74, 6) is -1.23. The molecule has 1 amide bonds. The number of Topliss-reactive ketones (excluding diaryl/α,β-unsaturated/α-hetero) is 1. The molecule has 7 heteroatoms. The number of hydrogen-bond donors (Lipinski definition) is 2. The van der Waals surface area contributed by atoms with E-state index in [2.05, 4.69) is 4.98 Å². The van der Waals surface area contributed by atoms with Gasteiger partial charge in [0.25, 0.3) is 11.7 Å². The zero-order valence-electron chi connectivity index (χ0n) is 17.6. The molecule has 1 aliphatic heterocycles. The summed E-state index contributed by atoms with van der Waals surface area (Å²) in [7, 11) is 3.03. The summed E-state index contributed by atoms with van der Waals surface area (Å²) in [6.45, 7) is 2.36. The van der Waals surface area contributed by atoms with Crippen molar-refractivity contribution in [1.82, 2.24) is 9.88 Å². The molecule has 1 aromatic heterocycles. The zero-order valence-corrected chi connectivity index (χ0v) is 17.6. The number of carbonyl (C=O) groups is 2. The first-order chi connectivity index (χ1) is 15.0. The minimum atomic E-state index is -0.753. The largest absolute Gasteiger partial charge is 0.507 e. The van der Waals surface area contributed by atoms with E-state index >= 15 is 0 Å². The number of nitrogens with one attached hydrogen (secondary N) is 1. The van der Waals surface area contributed by atoms with Crippen molar-refractivity contribution in [3.63, 3.8) is 0 Å². The van der Waals surface area contributed by atoms with E-state index in [9.17, 15) is 14.7 Å². The Morgan fingerprint density at radius 3 is 2.68 bits per heavy atom. The van der Waals surface area contributed by atoms with Crippen molar-refractivity contribution in [3.8, 4) is 5.75 Å². The van der Waals surface area contributed by atoms with Crippen molar-refractivity contribution in [2.45, 2.75) is 13.0 Å². The van der Waals surface area contributed by atoms with Gasteiger partial charge in [-0.1, -0.05) is 29.8 Å². The van der Waals surface area contributed by atoms with Crippen LogP contribution in [0.15, 0.2) is 54.2 Å². The number of ether oxygens (including phenoxy) is 2. The molecule has 1 fully saturated rings. The molecule has 2 N–H and O–H groups in total. The third-order valence-corrected chi connectivity index (χ3v) is 5.60. The summed E-state index contributed by atoms with van der Waals surface area (Å²) in [5, 5.41) is 12.2. The monoisotopic (exact) mass is 420 g/mol. The topological polar surface area (TPSA) is 91.9 Å². The van der Waals surface area contributed by atoms with Crippen LogP contribution >= 0.6 is 0 Å². The highest BCUT2D eigenvalue weighted by molar-refractivity contribution is 6.46. The molecule has 1 aliphatic rings. The number of hydrogen-bond acceptors (Lipinski definition) is 5. The first-order valence-corrected chi connectivity index (χ1v) is 9.96. The van der Waals surface area contributed by atoms with Gasteiger partial charge in [-0.25, -0.2) is 0 Å². The Morgan fingerprint density at radius 2 is 1.94 bits per heavy atom. The van der Waals surface area contributed by atoms with Crippen LogP contribution in [0.25, 0.3) is 16.7 Å². The van der Waals surface area contributed by atoms with Gasteiger partial charge in [0.1, 0.15) is 11.5 Å². The number of H-pyrrole nitrogens is 1. The average molecular weight is 420 g/mol. The van der Waals surface area contributed by atoms with E-state index in [1.165, 1.54) is 19.1 Å². The van der Waals surface area contributed by atoms with Crippen LogP contribution in [0, 0.1) is 6.92 Å². The summed E-state index contributed by atoms with van der Waals surface area (Å²) in [4.78, 5) is 30.7. The number of aryl methyl sites for hydroxylation is 1. The first-order valence-electron chi connectivity index (χ1n) is 9.96. The molecule has 0 aliphatic carbocycles. The van der Waals surface area contributed by atoms with E-state index in [1.807, 2.05) is 37.3 Å². The second-order valence-corrected chi connectivity index (χ2v) is 7.48. The SMILES string of the molecule is COCCN1C(=O)C(=O)/C(=C(/O)c2cc(C)ccc2OC)C1c1c[nH]c2ccccc12. The molecule has 160 valence electrons. The Morgan fingerprint density at radius 1 is 1.16 bits per heavy atom. The number of fused-ring (bicyclic) bond motifs is 1. The van der Waals surface area contributed by atoms with Gasteiger partial charge in [0, 0.05) is 36.3 Å². The summed E-state index contributed by atoms with van der Waals surface area (Å²) >= 11 is 0. The van der Waals surface area contributed by atoms with Crippen LogP contribution < -0.4 is 4.74 Å². The number of nitrogens with zero attached hydrogens (tertiary/aromatic N) is 1. The lowest BCUT2D eigenvalue weighted by atomic mass is 9.94. The zero-order chi connectivity index (χ0) is 22.1. The van der Waals surface area contributed by atoms with E-state index in [0.29, 0.717) is 11.3 Å². The first kappa shape index (κ1) is 20.7. The Labute approximate surface area is 179 Å². The summed E-state index contributed by atoms with van der Waals surface area (Å²) < 4.78 is 10.6. The van der Waals surface area contributed by atoms with Crippen molar-refractivity contribution in [2.24, 2.45) is 0 Å². The molecule has 2 heterocycles. The number of para-hydroxylation sites is 1. The van der Waals surface area contributed by atoms with Crippen LogP contribution in [0.2, 0.25) is 0 Å². The lowest BCUT2D eigenvalue weighted by molar-refractivity contribution is -0.140. The molecule has 31 heavy (non-hydrogen) atoms. The second-order valence-electron chi connectivity index (χ2n) is 7.48. The molecule has 0 radical (unpaired) electrons. The number of aliphatic hydroxyl groups excluding tert-OH is 1. The van der Waals surface area contributed by atoms with Gasteiger partial charge in [-0.05, 0) is 25.1 Å². The average Bonchev–Trinajstić information content (AvgIpc) is 3.30. The van der Waals surface area contributed by atoms with E-state index in [1.54, 1.807) is 18.3 Å². The van der Waals surface area contributed by atoms with Crippen molar-refractivity contribution in [2.75, 3.05) is 27.4 Å². The number of benzene rings is 2. The Hall–Kier alpha value is -3.58. The van der Waals surface area contributed by atoms with Crippen molar-refractivity contribution in [1.29, 1.82) is 0 Å². The standard InChI is InChI=1S/C24H24N2O5/c1-14-8-9-19(31-3)16(12-14)22(27)20-21(26(10-11-30-2)24(29)23(20)28)17-13-25-18-7-5-4-6-15(17)18/h4-9,12-13,21,25,27H,10-11H2,1-3H3/b22-20+. The minimum Gasteiger partial charge on any atom is -0.507 e. The van der Waals surface area contributed by atoms with Crippen LogP contribution in [0.4, 0.5) is 0 Å². The van der Waals surface area contributed by atoms with Crippen molar-refractivity contribution >= 4 is 28.4 Å². The summed E-state index contributed by atoms with van der Waals surface area (Å²) in [5.41, 5.74) is 2.91. The molecular formula is C24H24N2O5. The molecule has 0 saturated carbocycles. The number of aliphatic hydroxyl groups is 1. The van der Waals surface area contributed by atoms with Gasteiger partial charge in [0.05, 0.1) is 30.9 Å². The number of methoxy groups -OCH3 is 2. The fourth-order valence-corrected chi connectivity index (χ4v) is 4.10. The number of carbonyl (C=O) groups excluding carboxylic acids is 2. The van der Waals surface area contributed by atoms with Gasteiger partial charge in [-0.3, -0.25) is 9.59 Å². The Kier molecular flexibility index (Phi) is 5.52. The predicted molar refractivity (Wildman–Crippen MR) is 117 cm³/mol. The van der Waals surface area contributed by atoms with E-state index < -0.39 is 17.7 Å². The highest BCUT2D eigenvalue weighted by Crippen LogP contribution is 2.43. The molecule has 1 saturated heterocycles. The third kappa shape index (κ3) is 3.47. The van der Waals surface area contributed by atoms with Gasteiger partial charge >= 0.3 is 0 Å². The normalized spacial score (nSPS) is 18.2. The highest BCUT2D eigenvalue weighted by Gasteiger charge is 2.46. The number of ketones is 1. The van der Waals surface area contributed by atoms with Crippen LogP contribution in [0.3, 0.4) is 0 Å². The Balaban J connectivity index is 1.96. The fourth-order valence-electron chi connectivity index (χ4n) is 4.10. The molecule has 1 atom stereocenters. The minimum absolute atomic E-state index is 0.0368. The smallest absolute Gasteiger partial charge is 0.295 e. The number of rotatable bonds is 6. The molecule has 7 nitrogen and oxygen atoms in total. The highest BCUT2D eigenvalue weighted by atomic mass is 16.5. The lowest BCUT2D eigenvalue weighted by Gasteiger charge is -2.24. The number of likely N-dealkylation sites (tertiary alicyclic amines) is 1. The molecule has 4 rings (SSSR count). The molecule has 2 aromatic carbocycles. The number of aromatic amines is 1. The van der Waals surface area contributed by atoms with Crippen LogP contribution in [0.5, 0.6) is 5.75 Å². The van der Waals surface area contributed by atoms with Gasteiger partial charge < -0.3 is 24.5 Å². The van der Waals surface area contributed by atoms with E-state index in [4.69, 9.17) is 9.47 Å². The maximum absolute atomic E-state index is 13.1. The predicted octanol–water partition coefficient (Wildman–Crippen LogP) is 3.55. The quantitative estimate of drug-likeness (QED) is 0.361. The maximum atomic E-state index is 13.1. The summed E-state index contributed by atoms with van der Waals surface area (Å²) in [6, 6.07) is 12.2. The molecular weight excluding hydrogens is 396 g/mol. The summed E-state index contributed by atoms with van der Waals surface area (Å²) in [6.07, 6.45) is 1.78. The van der Waals surface area contributed by atoms with Crippen LogP contribution in [0.1, 0.15) is 22.7 Å². The fraction of sp³-hybridized carbons (Fsp3) is 0.250. The van der Waals surface area contributed by atoms with Crippen molar-refractivity contribution < 1.29 is 24.2 Å². The van der Waals surface area contributed by atoms with E-state index in [0.717, 1.165) is 22.0 Å². The van der Waals surface area contributed by atoms with Gasteiger partial charge in [0.15, 0.2) is 0 Å². The Bertz CT molecular complexity index is 1190. The van der Waals surface area contributed by atoms with E-state index in [-0.39, 0.29) is 24.5 Å². The molecule has 1 unspecified atom stereocenters. The van der Waals surface area contributed by atoms with Crippen molar-refractivity contribution in [3.05, 3.63) is 70.9 Å². The third-order valence-electron chi connectivity index (χ3n) is 5.60. The molecule has 0 bridgehead atoms. The molecule has 0 spiro atoms. The molecule has 3 aromatic rings. The van der Waals surface area contributed by atoms with Gasteiger partial charge in [0.2, 0.25) is 0 Å². The lowest BCUT2D eigenvalue weighted by Crippen LogP contribution is -2.32. The maximum Gasteiger partial charge on any atom is 0.295 e. The number of aromatic nitrogens is 1. The van der Waals surface area contributed by atoms with Crippen LogP contribution in [-0.4, -0.2) is 54.1 Å². The number of amides is 1.